The second kappa shape index (κ2) is 11.0. The first-order chi connectivity index (χ1) is 7.72. The van der Waals surface area contributed by atoms with Crippen LogP contribution in [-0.4, -0.2) is 12.6 Å². The smallest absolute Gasteiger partial charge is 0.308 e. The highest BCUT2D eigenvalue weighted by Crippen LogP contribution is 2.09. The molecule has 0 rings (SSSR count). The highest BCUT2D eigenvalue weighted by atomic mass is 16.5. The summed E-state index contributed by atoms with van der Waals surface area (Å²) in [5.74, 6) is 0.0560. The predicted octanol–water partition coefficient (Wildman–Crippen LogP) is 4.33. The van der Waals surface area contributed by atoms with Gasteiger partial charge in [-0.3, -0.25) is 4.79 Å². The Bertz CT molecular complexity index is 166. The first-order valence-corrected chi connectivity index (χ1v) is 6.89. The van der Waals surface area contributed by atoms with Crippen molar-refractivity contribution in [3.05, 3.63) is 0 Å². The second-order valence-corrected chi connectivity index (χ2v) is 4.62. The molecule has 0 amide bonds. The molecule has 1 atom stereocenters. The fourth-order valence-electron chi connectivity index (χ4n) is 1.75. The summed E-state index contributed by atoms with van der Waals surface area (Å²) < 4.78 is 5.22. The Morgan fingerprint density at radius 3 is 2.25 bits per heavy atom. The summed E-state index contributed by atoms with van der Waals surface area (Å²) in [5.41, 5.74) is 0. The Morgan fingerprint density at radius 1 is 1.00 bits per heavy atom. The monoisotopic (exact) mass is 228 g/mol. The summed E-state index contributed by atoms with van der Waals surface area (Å²) in [6.07, 6.45) is 9.40. The zero-order valence-electron chi connectivity index (χ0n) is 11.3. The van der Waals surface area contributed by atoms with Crippen LogP contribution in [0.4, 0.5) is 0 Å². The molecule has 0 aliphatic carbocycles. The molecule has 2 nitrogen and oxygen atoms in total. The zero-order valence-corrected chi connectivity index (χ0v) is 11.3. The Kier molecular flexibility index (Phi) is 10.6. The van der Waals surface area contributed by atoms with Gasteiger partial charge in [0.1, 0.15) is 0 Å². The van der Waals surface area contributed by atoms with Crippen LogP contribution in [0.3, 0.4) is 0 Å². The Balaban J connectivity index is 3.27. The Labute approximate surface area is 101 Å². The number of carbonyl (C=O) groups excluding carboxylic acids is 1. The van der Waals surface area contributed by atoms with Crippen LogP contribution >= 0.6 is 0 Å². The van der Waals surface area contributed by atoms with Crippen LogP contribution in [0.2, 0.25) is 0 Å². The molecule has 0 N–H and O–H groups in total. The van der Waals surface area contributed by atoms with Crippen molar-refractivity contribution < 1.29 is 9.53 Å². The third-order valence-corrected chi connectivity index (χ3v) is 2.87. The van der Waals surface area contributed by atoms with Crippen LogP contribution in [0.25, 0.3) is 0 Å². The van der Waals surface area contributed by atoms with Crippen molar-refractivity contribution in [2.45, 2.75) is 72.1 Å². The van der Waals surface area contributed by atoms with Crippen LogP contribution < -0.4 is 0 Å². The fraction of sp³-hybridized carbons (Fsp3) is 0.929. The summed E-state index contributed by atoms with van der Waals surface area (Å²) in [4.78, 5) is 11.4. The topological polar surface area (TPSA) is 26.3 Å². The van der Waals surface area contributed by atoms with E-state index in [4.69, 9.17) is 4.74 Å². The SMILES string of the molecule is CCCCCCCCOC(=O)[C@@H](C)CCC. The molecule has 0 radical (unpaired) electrons. The summed E-state index contributed by atoms with van der Waals surface area (Å²) in [6, 6.07) is 0. The van der Waals surface area contributed by atoms with E-state index in [-0.39, 0.29) is 11.9 Å². The maximum absolute atomic E-state index is 11.4. The van der Waals surface area contributed by atoms with Gasteiger partial charge in [-0.05, 0) is 12.8 Å². The van der Waals surface area contributed by atoms with Gasteiger partial charge in [-0.15, -0.1) is 0 Å². The summed E-state index contributed by atoms with van der Waals surface area (Å²) >= 11 is 0. The maximum Gasteiger partial charge on any atom is 0.308 e. The van der Waals surface area contributed by atoms with Gasteiger partial charge in [0.15, 0.2) is 0 Å². The average Bonchev–Trinajstić information content (AvgIpc) is 2.28. The number of unbranched alkanes of at least 4 members (excludes halogenated alkanes) is 5. The van der Waals surface area contributed by atoms with Crippen molar-refractivity contribution in [2.75, 3.05) is 6.61 Å². The predicted molar refractivity (Wildman–Crippen MR) is 68.4 cm³/mol. The molecule has 0 bridgehead atoms. The summed E-state index contributed by atoms with van der Waals surface area (Å²) in [7, 11) is 0. The van der Waals surface area contributed by atoms with Gasteiger partial charge in [-0.2, -0.15) is 0 Å². The average molecular weight is 228 g/mol. The molecule has 96 valence electrons. The lowest BCUT2D eigenvalue weighted by atomic mass is 10.1. The molecule has 0 aromatic carbocycles. The van der Waals surface area contributed by atoms with E-state index in [9.17, 15) is 4.79 Å². The van der Waals surface area contributed by atoms with E-state index >= 15 is 0 Å². The van der Waals surface area contributed by atoms with E-state index in [1.807, 2.05) is 6.92 Å². The van der Waals surface area contributed by atoms with Crippen LogP contribution in [0.1, 0.15) is 72.1 Å². The van der Waals surface area contributed by atoms with Crippen molar-refractivity contribution >= 4 is 5.97 Å². The largest absolute Gasteiger partial charge is 0.465 e. The fourth-order valence-corrected chi connectivity index (χ4v) is 1.75. The van der Waals surface area contributed by atoms with Crippen molar-refractivity contribution in [3.8, 4) is 0 Å². The van der Waals surface area contributed by atoms with E-state index in [1.165, 1.54) is 32.1 Å². The molecular formula is C14H28O2. The lowest BCUT2D eigenvalue weighted by molar-refractivity contribution is -0.148. The molecule has 0 unspecified atom stereocenters. The minimum Gasteiger partial charge on any atom is -0.465 e. The number of carbonyl (C=O) groups is 1. The van der Waals surface area contributed by atoms with E-state index in [0.29, 0.717) is 6.61 Å². The Hall–Kier alpha value is -0.530. The van der Waals surface area contributed by atoms with Crippen molar-refractivity contribution in [1.82, 2.24) is 0 Å². The molecular weight excluding hydrogens is 200 g/mol. The van der Waals surface area contributed by atoms with Gasteiger partial charge in [0.2, 0.25) is 0 Å². The lowest BCUT2D eigenvalue weighted by Gasteiger charge is -2.10. The third-order valence-electron chi connectivity index (χ3n) is 2.87. The number of hydrogen-bond acceptors (Lipinski definition) is 2. The summed E-state index contributed by atoms with van der Waals surface area (Å²) in [6.45, 7) is 6.88. The molecule has 0 saturated heterocycles. The third kappa shape index (κ3) is 8.75. The minimum absolute atomic E-state index is 0.0181. The normalized spacial score (nSPS) is 12.4. The Morgan fingerprint density at radius 2 is 1.62 bits per heavy atom. The molecule has 16 heavy (non-hydrogen) atoms. The van der Waals surface area contributed by atoms with Gasteiger partial charge >= 0.3 is 5.97 Å². The van der Waals surface area contributed by atoms with Crippen molar-refractivity contribution in [3.63, 3.8) is 0 Å². The van der Waals surface area contributed by atoms with Crippen molar-refractivity contribution in [1.29, 1.82) is 0 Å². The molecule has 0 spiro atoms. The van der Waals surface area contributed by atoms with Crippen LogP contribution in [-0.2, 0) is 9.53 Å². The molecule has 0 fully saturated rings. The molecule has 0 aliphatic rings. The second-order valence-electron chi connectivity index (χ2n) is 4.62. The van der Waals surface area contributed by atoms with Crippen LogP contribution in [0, 0.1) is 5.92 Å². The summed E-state index contributed by atoms with van der Waals surface area (Å²) in [5, 5.41) is 0. The van der Waals surface area contributed by atoms with Gasteiger partial charge in [-0.1, -0.05) is 59.3 Å². The minimum atomic E-state index is -0.0181. The van der Waals surface area contributed by atoms with Gasteiger partial charge in [-0.25, -0.2) is 0 Å². The molecule has 0 heterocycles. The highest BCUT2D eigenvalue weighted by molar-refractivity contribution is 5.71. The van der Waals surface area contributed by atoms with Gasteiger partial charge in [0.05, 0.1) is 12.5 Å². The first kappa shape index (κ1) is 15.5. The number of ether oxygens (including phenoxy) is 1. The molecule has 2 heteroatoms. The van der Waals surface area contributed by atoms with Gasteiger partial charge < -0.3 is 4.74 Å². The molecule has 0 saturated carbocycles. The van der Waals surface area contributed by atoms with Crippen LogP contribution in [0.15, 0.2) is 0 Å². The van der Waals surface area contributed by atoms with E-state index in [1.54, 1.807) is 0 Å². The molecule has 0 aromatic heterocycles. The van der Waals surface area contributed by atoms with Crippen LogP contribution in [0.5, 0.6) is 0 Å². The highest BCUT2D eigenvalue weighted by Gasteiger charge is 2.12. The molecule has 0 aromatic rings. The van der Waals surface area contributed by atoms with Crippen molar-refractivity contribution in [2.24, 2.45) is 5.92 Å². The number of esters is 1. The van der Waals surface area contributed by atoms with E-state index < -0.39 is 0 Å². The van der Waals surface area contributed by atoms with Gasteiger partial charge in [0, 0.05) is 0 Å². The maximum atomic E-state index is 11.4. The molecule has 0 aliphatic heterocycles. The van der Waals surface area contributed by atoms with Gasteiger partial charge in [0.25, 0.3) is 0 Å². The zero-order chi connectivity index (χ0) is 12.2. The van der Waals surface area contributed by atoms with E-state index in [2.05, 4.69) is 13.8 Å². The standard InChI is InChI=1S/C14H28O2/c1-4-6-7-8-9-10-12-16-14(15)13(3)11-5-2/h13H,4-12H2,1-3H3/t13-/m0/s1. The lowest BCUT2D eigenvalue weighted by Crippen LogP contribution is -2.15. The number of hydrogen-bond donors (Lipinski definition) is 0. The quantitative estimate of drug-likeness (QED) is 0.411. The first-order valence-electron chi connectivity index (χ1n) is 6.89. The number of rotatable bonds is 10. The van der Waals surface area contributed by atoms with E-state index in [0.717, 1.165) is 19.3 Å².